The smallest absolute Gasteiger partial charge is 0.353 e. The quantitative estimate of drug-likeness (QED) is 0.818. The molecule has 1 unspecified atom stereocenters. The molecule has 0 radical (unpaired) electrons. The van der Waals surface area contributed by atoms with Crippen molar-refractivity contribution in [2.24, 2.45) is 0 Å². The summed E-state index contributed by atoms with van der Waals surface area (Å²) >= 11 is 0.0256. The van der Waals surface area contributed by atoms with E-state index < -0.39 is 5.51 Å². The third-order valence-corrected chi connectivity index (χ3v) is 3.36. The first-order valence-electron chi connectivity index (χ1n) is 6.06. The van der Waals surface area contributed by atoms with Crippen LogP contribution in [-0.4, -0.2) is 22.4 Å². The van der Waals surface area contributed by atoms with Crippen LogP contribution in [0.15, 0.2) is 18.5 Å². The largest absolute Gasteiger partial charge is 0.441 e. The van der Waals surface area contributed by atoms with Crippen molar-refractivity contribution in [2.45, 2.75) is 38.4 Å². The Kier molecular flexibility index (Phi) is 6.08. The molecule has 6 heteroatoms. The summed E-state index contributed by atoms with van der Waals surface area (Å²) in [4.78, 5) is 0. The summed E-state index contributed by atoms with van der Waals surface area (Å²) in [6.45, 7) is 5.39. The first kappa shape index (κ1) is 15.4. The van der Waals surface area contributed by atoms with Gasteiger partial charge in [0.25, 0.3) is 0 Å². The maximum atomic E-state index is 12.0. The summed E-state index contributed by atoms with van der Waals surface area (Å²) in [5.41, 5.74) is -3.00. The monoisotopic (exact) mass is 280 g/mol. The number of alkyl halides is 3. The Bertz CT molecular complexity index is 349. The van der Waals surface area contributed by atoms with Crippen molar-refractivity contribution in [3.05, 3.63) is 24.0 Å². The van der Waals surface area contributed by atoms with Crippen molar-refractivity contribution in [3.63, 3.8) is 0 Å². The van der Waals surface area contributed by atoms with Crippen LogP contribution in [-0.2, 0) is 6.54 Å². The average Bonchev–Trinajstić information content (AvgIpc) is 2.72. The molecule has 0 aliphatic heterocycles. The van der Waals surface area contributed by atoms with Gasteiger partial charge in [-0.1, -0.05) is 13.8 Å². The molecule has 1 aromatic rings. The fourth-order valence-corrected chi connectivity index (χ4v) is 2.35. The van der Waals surface area contributed by atoms with Crippen molar-refractivity contribution in [1.82, 2.24) is 9.88 Å². The van der Waals surface area contributed by atoms with E-state index in [9.17, 15) is 13.2 Å². The number of halogens is 3. The number of aromatic nitrogens is 1. The highest BCUT2D eigenvalue weighted by Gasteiger charge is 2.27. The molecular weight excluding hydrogens is 261 g/mol. The summed E-state index contributed by atoms with van der Waals surface area (Å²) in [7, 11) is 0. The van der Waals surface area contributed by atoms with Gasteiger partial charge in [0.2, 0.25) is 0 Å². The van der Waals surface area contributed by atoms with Crippen LogP contribution in [0.3, 0.4) is 0 Å². The highest BCUT2D eigenvalue weighted by Crippen LogP contribution is 2.30. The van der Waals surface area contributed by atoms with Crippen LogP contribution in [0.1, 0.15) is 31.9 Å². The van der Waals surface area contributed by atoms with E-state index in [0.717, 1.165) is 18.5 Å². The van der Waals surface area contributed by atoms with Crippen molar-refractivity contribution < 1.29 is 13.2 Å². The lowest BCUT2D eigenvalue weighted by atomic mass is 10.1. The Labute approximate surface area is 110 Å². The van der Waals surface area contributed by atoms with E-state index in [-0.39, 0.29) is 23.6 Å². The van der Waals surface area contributed by atoms with Gasteiger partial charge in [-0.25, -0.2) is 0 Å². The lowest BCUT2D eigenvalue weighted by Gasteiger charge is -2.14. The molecule has 0 saturated carbocycles. The maximum absolute atomic E-state index is 12.0. The van der Waals surface area contributed by atoms with Crippen LogP contribution in [0.25, 0.3) is 0 Å². The molecule has 0 aliphatic carbocycles. The summed E-state index contributed by atoms with van der Waals surface area (Å²) in [5, 5.41) is 3.34. The van der Waals surface area contributed by atoms with Crippen LogP contribution < -0.4 is 5.32 Å². The molecule has 0 fully saturated rings. The molecule has 0 aromatic carbocycles. The van der Waals surface area contributed by atoms with Gasteiger partial charge < -0.3 is 9.88 Å². The third-order valence-electron chi connectivity index (χ3n) is 2.65. The van der Waals surface area contributed by atoms with Crippen molar-refractivity contribution in [3.8, 4) is 0 Å². The molecule has 0 amide bonds. The second kappa shape index (κ2) is 7.09. The van der Waals surface area contributed by atoms with Crippen LogP contribution in [0.5, 0.6) is 0 Å². The van der Waals surface area contributed by atoms with E-state index in [4.69, 9.17) is 0 Å². The van der Waals surface area contributed by atoms with E-state index in [2.05, 4.69) is 12.2 Å². The Morgan fingerprint density at radius 2 is 2.11 bits per heavy atom. The molecule has 2 nitrogen and oxygen atoms in total. The molecule has 1 aromatic heterocycles. The zero-order valence-corrected chi connectivity index (χ0v) is 11.4. The predicted molar refractivity (Wildman–Crippen MR) is 69.7 cm³/mol. The fraction of sp³-hybridized carbons (Fsp3) is 0.667. The molecule has 1 N–H and O–H groups in total. The number of nitrogens with zero attached hydrogens (tertiary/aromatic N) is 1. The van der Waals surface area contributed by atoms with Crippen molar-refractivity contribution >= 4 is 11.8 Å². The van der Waals surface area contributed by atoms with Gasteiger partial charge in [0.05, 0.1) is 0 Å². The molecule has 0 bridgehead atoms. The fourth-order valence-electron chi connectivity index (χ4n) is 1.82. The summed E-state index contributed by atoms with van der Waals surface area (Å²) in [5.74, 6) is 0.0512. The van der Waals surface area contributed by atoms with E-state index >= 15 is 0 Å². The predicted octanol–water partition coefficient (Wildman–Crippen LogP) is 3.80. The van der Waals surface area contributed by atoms with E-state index in [1.165, 1.54) is 0 Å². The first-order chi connectivity index (χ1) is 8.46. The third kappa shape index (κ3) is 5.35. The van der Waals surface area contributed by atoms with Gasteiger partial charge in [-0.05, 0) is 36.4 Å². The minimum absolute atomic E-state index is 0.0256. The standard InChI is InChI=1S/C12H19F3N2S/c1-3-11(16-4-2)10-5-6-17(9-10)7-8-18-12(13,14)15/h5-6,9,11,16H,3-4,7-8H2,1-2H3. The average molecular weight is 280 g/mol. The lowest BCUT2D eigenvalue weighted by molar-refractivity contribution is -0.0328. The van der Waals surface area contributed by atoms with Crippen molar-refractivity contribution in [1.29, 1.82) is 0 Å². The normalized spacial score (nSPS) is 13.8. The highest BCUT2D eigenvalue weighted by atomic mass is 32.2. The number of nitrogens with one attached hydrogen (secondary N) is 1. The van der Waals surface area contributed by atoms with Gasteiger partial charge in [-0.3, -0.25) is 0 Å². The summed E-state index contributed by atoms with van der Waals surface area (Å²) in [6, 6.07) is 2.25. The first-order valence-corrected chi connectivity index (χ1v) is 7.04. The molecule has 0 spiro atoms. The van der Waals surface area contributed by atoms with Gasteiger partial charge in [0.1, 0.15) is 0 Å². The Morgan fingerprint density at radius 1 is 1.39 bits per heavy atom. The zero-order valence-electron chi connectivity index (χ0n) is 10.6. The summed E-state index contributed by atoms with van der Waals surface area (Å²) < 4.78 is 37.8. The molecule has 18 heavy (non-hydrogen) atoms. The molecular formula is C12H19F3N2S. The Morgan fingerprint density at radius 3 is 2.67 bits per heavy atom. The number of thioether (sulfide) groups is 1. The second-order valence-electron chi connectivity index (χ2n) is 4.00. The van der Waals surface area contributed by atoms with Crippen LogP contribution in [0.4, 0.5) is 13.2 Å². The van der Waals surface area contributed by atoms with E-state index in [1.54, 1.807) is 0 Å². The molecule has 1 rings (SSSR count). The molecule has 0 aliphatic rings. The lowest BCUT2D eigenvalue weighted by Crippen LogP contribution is -2.19. The number of hydrogen-bond donors (Lipinski definition) is 1. The SMILES string of the molecule is CCNC(CC)c1ccn(CCSC(F)(F)F)c1. The van der Waals surface area contributed by atoms with E-state index in [1.807, 2.05) is 30.0 Å². The number of aryl methyl sites for hydroxylation is 1. The molecule has 0 saturated heterocycles. The van der Waals surface area contributed by atoms with Gasteiger partial charge in [-0.15, -0.1) is 0 Å². The Balaban J connectivity index is 2.47. The van der Waals surface area contributed by atoms with Crippen LogP contribution in [0, 0.1) is 0 Å². The summed E-state index contributed by atoms with van der Waals surface area (Å²) in [6.07, 6.45) is 4.73. The second-order valence-corrected chi connectivity index (χ2v) is 5.16. The zero-order chi connectivity index (χ0) is 13.6. The molecule has 1 atom stereocenters. The van der Waals surface area contributed by atoms with Gasteiger partial charge >= 0.3 is 5.51 Å². The van der Waals surface area contributed by atoms with Crippen molar-refractivity contribution in [2.75, 3.05) is 12.3 Å². The topological polar surface area (TPSA) is 17.0 Å². The van der Waals surface area contributed by atoms with Crippen LogP contribution >= 0.6 is 11.8 Å². The van der Waals surface area contributed by atoms with Gasteiger partial charge in [0, 0.05) is 30.7 Å². The highest BCUT2D eigenvalue weighted by molar-refractivity contribution is 8.00. The Hall–Kier alpha value is -0.620. The number of hydrogen-bond acceptors (Lipinski definition) is 2. The number of rotatable bonds is 7. The minimum Gasteiger partial charge on any atom is -0.353 e. The van der Waals surface area contributed by atoms with E-state index in [0.29, 0.717) is 6.54 Å². The van der Waals surface area contributed by atoms with Crippen LogP contribution in [0.2, 0.25) is 0 Å². The molecule has 104 valence electrons. The van der Waals surface area contributed by atoms with Gasteiger partial charge in [0.15, 0.2) is 0 Å². The molecule has 1 heterocycles. The minimum atomic E-state index is -4.13. The van der Waals surface area contributed by atoms with Gasteiger partial charge in [-0.2, -0.15) is 13.2 Å². The maximum Gasteiger partial charge on any atom is 0.441 e.